The Hall–Kier alpha value is -1.88. The van der Waals surface area contributed by atoms with E-state index in [1.165, 1.54) is 6.42 Å². The number of rotatable bonds is 2. The van der Waals surface area contributed by atoms with Crippen LogP contribution in [0.1, 0.15) is 40.0 Å². The van der Waals surface area contributed by atoms with E-state index in [0.717, 1.165) is 25.1 Å². The average molecular weight is 315 g/mol. The summed E-state index contributed by atoms with van der Waals surface area (Å²) in [6.45, 7) is 7.10. The molecule has 0 spiro atoms. The van der Waals surface area contributed by atoms with E-state index in [0.29, 0.717) is 18.3 Å². The molecule has 5 heteroatoms. The molecule has 1 fully saturated rings. The Morgan fingerprint density at radius 2 is 2.04 bits per heavy atom. The Morgan fingerprint density at radius 3 is 2.78 bits per heavy atom. The largest absolute Gasteiger partial charge is 0.322 e. The summed E-state index contributed by atoms with van der Waals surface area (Å²) in [6.07, 6.45) is 3.50. The van der Waals surface area contributed by atoms with Crippen molar-refractivity contribution in [2.75, 3.05) is 23.3 Å². The van der Waals surface area contributed by atoms with Crippen molar-refractivity contribution in [3.8, 4) is 0 Å². The molecular formula is C18H25N3O2. The van der Waals surface area contributed by atoms with Crippen molar-refractivity contribution in [1.29, 1.82) is 0 Å². The fourth-order valence-electron chi connectivity index (χ4n) is 3.54. The molecule has 5 nitrogen and oxygen atoms in total. The minimum Gasteiger partial charge on any atom is -0.322 e. The van der Waals surface area contributed by atoms with E-state index in [4.69, 9.17) is 0 Å². The predicted octanol–water partition coefficient (Wildman–Crippen LogP) is 2.62. The van der Waals surface area contributed by atoms with Crippen LogP contribution in [0, 0.1) is 0 Å². The van der Waals surface area contributed by atoms with Gasteiger partial charge in [0.05, 0.1) is 17.9 Å². The summed E-state index contributed by atoms with van der Waals surface area (Å²) < 4.78 is 0. The number of carbonyl (C=O) groups is 2. The molecule has 2 aliphatic rings. The van der Waals surface area contributed by atoms with E-state index in [1.54, 1.807) is 18.7 Å². The van der Waals surface area contributed by atoms with Crippen LogP contribution in [0.3, 0.4) is 0 Å². The maximum Gasteiger partial charge on any atom is 0.250 e. The van der Waals surface area contributed by atoms with E-state index in [2.05, 4.69) is 17.1 Å². The first kappa shape index (κ1) is 16.0. The summed E-state index contributed by atoms with van der Waals surface area (Å²) in [6, 6.07) is 7.92. The van der Waals surface area contributed by atoms with Crippen LogP contribution in [-0.4, -0.2) is 41.4 Å². The van der Waals surface area contributed by atoms with Gasteiger partial charge in [-0.1, -0.05) is 18.6 Å². The van der Waals surface area contributed by atoms with Crippen LogP contribution in [0.2, 0.25) is 0 Å². The van der Waals surface area contributed by atoms with Crippen LogP contribution in [0.4, 0.5) is 11.4 Å². The van der Waals surface area contributed by atoms with Crippen LogP contribution in [-0.2, 0) is 9.59 Å². The van der Waals surface area contributed by atoms with Crippen molar-refractivity contribution in [3.63, 3.8) is 0 Å². The molecule has 1 aromatic carbocycles. The maximum absolute atomic E-state index is 13.0. The number of piperidine rings is 1. The maximum atomic E-state index is 13.0. The number of benzene rings is 1. The Morgan fingerprint density at radius 1 is 1.30 bits per heavy atom. The molecule has 1 saturated heterocycles. The third-order valence-electron chi connectivity index (χ3n) is 5.04. The third kappa shape index (κ3) is 2.85. The van der Waals surface area contributed by atoms with Gasteiger partial charge in [0.2, 0.25) is 11.8 Å². The highest BCUT2D eigenvalue weighted by Crippen LogP contribution is 2.36. The van der Waals surface area contributed by atoms with Crippen molar-refractivity contribution in [2.24, 2.45) is 0 Å². The highest BCUT2D eigenvalue weighted by molar-refractivity contribution is 6.14. The monoisotopic (exact) mass is 315 g/mol. The van der Waals surface area contributed by atoms with Crippen molar-refractivity contribution < 1.29 is 9.59 Å². The fraction of sp³-hybridized carbons (Fsp3) is 0.556. The third-order valence-corrected chi connectivity index (χ3v) is 5.04. The van der Waals surface area contributed by atoms with Gasteiger partial charge in [-0.2, -0.15) is 0 Å². The lowest BCUT2D eigenvalue weighted by molar-refractivity contribution is -0.127. The number of para-hydroxylation sites is 2. The summed E-state index contributed by atoms with van der Waals surface area (Å²) in [5.41, 5.74) is 0.605. The molecule has 0 aliphatic carbocycles. The predicted molar refractivity (Wildman–Crippen MR) is 91.5 cm³/mol. The zero-order valence-electron chi connectivity index (χ0n) is 14.1. The van der Waals surface area contributed by atoms with Crippen molar-refractivity contribution in [1.82, 2.24) is 4.90 Å². The number of hydrogen-bond donors (Lipinski definition) is 1. The number of likely N-dealkylation sites (tertiary alicyclic amines) is 1. The van der Waals surface area contributed by atoms with Gasteiger partial charge in [-0.25, -0.2) is 0 Å². The second-order valence-electron chi connectivity index (χ2n) is 7.07. The van der Waals surface area contributed by atoms with Crippen molar-refractivity contribution in [3.05, 3.63) is 24.3 Å². The van der Waals surface area contributed by atoms with Crippen molar-refractivity contribution >= 4 is 23.2 Å². The molecule has 0 saturated carbocycles. The first-order chi connectivity index (χ1) is 10.9. The lowest BCUT2D eigenvalue weighted by Gasteiger charge is -2.43. The normalized spacial score (nSPS) is 24.0. The zero-order valence-corrected chi connectivity index (χ0v) is 14.1. The number of carbonyl (C=O) groups excluding carboxylic acids is 2. The molecule has 0 bridgehead atoms. The van der Waals surface area contributed by atoms with E-state index in [-0.39, 0.29) is 11.8 Å². The lowest BCUT2D eigenvalue weighted by atomic mass is 9.95. The van der Waals surface area contributed by atoms with E-state index in [1.807, 2.05) is 24.3 Å². The molecule has 2 amide bonds. The molecule has 23 heavy (non-hydrogen) atoms. The van der Waals surface area contributed by atoms with Gasteiger partial charge < -0.3 is 5.32 Å². The lowest BCUT2D eigenvalue weighted by Crippen LogP contribution is -2.60. The Balaban J connectivity index is 1.89. The summed E-state index contributed by atoms with van der Waals surface area (Å²) in [5.74, 6) is -0.151. The highest BCUT2D eigenvalue weighted by Gasteiger charge is 2.43. The minimum absolute atomic E-state index is 0.00829. The number of amides is 2. The number of hydrogen-bond acceptors (Lipinski definition) is 3. The quantitative estimate of drug-likeness (QED) is 0.913. The van der Waals surface area contributed by atoms with Crippen LogP contribution in [0.5, 0.6) is 0 Å². The SMILES string of the molecule is C[C@@H]1CCCCN1CC(=O)N1c2ccccc2NC(=O)C1(C)C. The topological polar surface area (TPSA) is 52.7 Å². The van der Waals surface area contributed by atoms with E-state index >= 15 is 0 Å². The van der Waals surface area contributed by atoms with Crippen LogP contribution < -0.4 is 10.2 Å². The average Bonchev–Trinajstić information content (AvgIpc) is 2.50. The summed E-state index contributed by atoms with van der Waals surface area (Å²) in [4.78, 5) is 29.4. The van der Waals surface area contributed by atoms with E-state index < -0.39 is 5.54 Å². The molecular weight excluding hydrogens is 290 g/mol. The van der Waals surface area contributed by atoms with Crippen LogP contribution in [0.15, 0.2) is 24.3 Å². The molecule has 0 aromatic heterocycles. The van der Waals surface area contributed by atoms with Gasteiger partial charge in [0.25, 0.3) is 0 Å². The molecule has 0 radical (unpaired) electrons. The van der Waals surface area contributed by atoms with Gasteiger partial charge in [0.15, 0.2) is 0 Å². The molecule has 0 unspecified atom stereocenters. The van der Waals surface area contributed by atoms with Crippen LogP contribution in [0.25, 0.3) is 0 Å². The first-order valence-electron chi connectivity index (χ1n) is 8.39. The number of anilines is 2. The van der Waals surface area contributed by atoms with Gasteiger partial charge in [0, 0.05) is 6.04 Å². The molecule has 3 rings (SSSR count). The van der Waals surface area contributed by atoms with E-state index in [9.17, 15) is 9.59 Å². The molecule has 1 aromatic rings. The molecule has 2 aliphatic heterocycles. The summed E-state index contributed by atoms with van der Waals surface area (Å²) in [5, 5.41) is 2.90. The Bertz CT molecular complexity index is 626. The standard InChI is InChI=1S/C18H25N3O2/c1-13-8-6-7-11-20(13)12-16(22)21-15-10-5-4-9-14(15)19-17(23)18(21,2)3/h4-5,9-10,13H,6-8,11-12H2,1-3H3,(H,19,23)/t13-/m1/s1. The summed E-state index contributed by atoms with van der Waals surface area (Å²) >= 11 is 0. The molecule has 1 atom stereocenters. The van der Waals surface area contributed by atoms with Gasteiger partial charge >= 0.3 is 0 Å². The highest BCUT2D eigenvalue weighted by atomic mass is 16.2. The summed E-state index contributed by atoms with van der Waals surface area (Å²) in [7, 11) is 0. The Kier molecular flexibility index (Phi) is 4.15. The fourth-order valence-corrected chi connectivity index (χ4v) is 3.54. The number of nitrogens with one attached hydrogen (secondary N) is 1. The first-order valence-corrected chi connectivity index (χ1v) is 8.39. The van der Waals surface area contributed by atoms with Gasteiger partial charge in [-0.15, -0.1) is 0 Å². The molecule has 1 N–H and O–H groups in total. The Labute approximate surface area is 137 Å². The minimum atomic E-state index is -0.884. The van der Waals surface area contributed by atoms with Gasteiger partial charge in [-0.05, 0) is 52.3 Å². The molecule has 124 valence electrons. The van der Waals surface area contributed by atoms with Gasteiger partial charge in [-0.3, -0.25) is 19.4 Å². The van der Waals surface area contributed by atoms with Gasteiger partial charge in [0.1, 0.15) is 5.54 Å². The molecule has 2 heterocycles. The smallest absolute Gasteiger partial charge is 0.250 e. The zero-order chi connectivity index (χ0) is 16.6. The second-order valence-corrected chi connectivity index (χ2v) is 7.07. The van der Waals surface area contributed by atoms with Crippen LogP contribution >= 0.6 is 0 Å². The second kappa shape index (κ2) is 5.96. The number of fused-ring (bicyclic) bond motifs is 1. The van der Waals surface area contributed by atoms with Crippen molar-refractivity contribution in [2.45, 2.75) is 51.6 Å². The number of nitrogens with zero attached hydrogens (tertiary/aromatic N) is 2.